The van der Waals surface area contributed by atoms with Gasteiger partial charge in [-0.3, -0.25) is 4.79 Å². The van der Waals surface area contributed by atoms with Crippen LogP contribution in [0.5, 0.6) is 0 Å². The molecule has 0 saturated heterocycles. The van der Waals surface area contributed by atoms with E-state index in [0.717, 1.165) is 16.5 Å². The summed E-state index contributed by atoms with van der Waals surface area (Å²) in [5.74, 6) is -0.383. The molecular formula is C11H13N3O. The molecule has 0 bridgehead atoms. The molecule has 2 aromatic rings. The van der Waals surface area contributed by atoms with Gasteiger partial charge in [-0.05, 0) is 17.0 Å². The summed E-state index contributed by atoms with van der Waals surface area (Å²) in [4.78, 5) is 13.9. The van der Waals surface area contributed by atoms with Crippen molar-refractivity contribution in [1.82, 2.24) is 4.98 Å². The van der Waals surface area contributed by atoms with Crippen molar-refractivity contribution in [2.75, 3.05) is 0 Å². The lowest BCUT2D eigenvalue weighted by Crippen LogP contribution is -2.20. The van der Waals surface area contributed by atoms with Crippen molar-refractivity contribution in [3.8, 4) is 0 Å². The molecule has 0 aliphatic heterocycles. The van der Waals surface area contributed by atoms with Crippen molar-refractivity contribution in [3.05, 3.63) is 36.0 Å². The van der Waals surface area contributed by atoms with E-state index in [1.165, 1.54) is 0 Å². The first-order valence-corrected chi connectivity index (χ1v) is 4.78. The van der Waals surface area contributed by atoms with Crippen LogP contribution in [0.1, 0.15) is 18.0 Å². The molecular weight excluding hydrogens is 190 g/mol. The zero-order valence-corrected chi connectivity index (χ0v) is 8.23. The van der Waals surface area contributed by atoms with Gasteiger partial charge >= 0.3 is 0 Å². The van der Waals surface area contributed by atoms with Gasteiger partial charge in [0.2, 0.25) is 5.91 Å². The normalized spacial score (nSPS) is 12.9. The van der Waals surface area contributed by atoms with E-state index >= 15 is 0 Å². The number of benzene rings is 1. The Labute approximate surface area is 87.3 Å². The minimum atomic E-state index is -0.383. The number of aromatic nitrogens is 1. The van der Waals surface area contributed by atoms with Crippen LogP contribution in [0.4, 0.5) is 0 Å². The molecule has 0 saturated carbocycles. The molecule has 0 unspecified atom stereocenters. The summed E-state index contributed by atoms with van der Waals surface area (Å²) in [6, 6.07) is 7.45. The number of H-pyrrole nitrogens is 1. The summed E-state index contributed by atoms with van der Waals surface area (Å²) in [6.07, 6.45) is 2.02. The maximum Gasteiger partial charge on any atom is 0.219 e. The number of aromatic amines is 1. The highest BCUT2D eigenvalue weighted by Gasteiger charge is 2.12. The first kappa shape index (κ1) is 9.73. The molecule has 2 rings (SSSR count). The summed E-state index contributed by atoms with van der Waals surface area (Å²) in [6.45, 7) is 0. The van der Waals surface area contributed by atoms with Gasteiger partial charge in [-0.15, -0.1) is 0 Å². The third-order valence-corrected chi connectivity index (χ3v) is 2.44. The molecule has 1 aromatic carbocycles. The zero-order valence-electron chi connectivity index (χ0n) is 8.23. The highest BCUT2D eigenvalue weighted by molar-refractivity contribution is 5.84. The standard InChI is InChI=1S/C11H13N3O/c12-9(6-10(13)15)8-3-1-2-7-4-5-14-11(7)8/h1-5,9,14H,6,12H2,(H2,13,15)/t9-/m0/s1. The van der Waals surface area contributed by atoms with Crippen LogP contribution < -0.4 is 11.5 Å². The molecule has 1 amide bonds. The zero-order chi connectivity index (χ0) is 10.8. The van der Waals surface area contributed by atoms with E-state index in [0.29, 0.717) is 0 Å². The molecule has 15 heavy (non-hydrogen) atoms. The van der Waals surface area contributed by atoms with Crippen molar-refractivity contribution in [2.24, 2.45) is 11.5 Å². The van der Waals surface area contributed by atoms with Crippen molar-refractivity contribution in [3.63, 3.8) is 0 Å². The predicted molar refractivity (Wildman–Crippen MR) is 59.0 cm³/mol. The number of hydrogen-bond donors (Lipinski definition) is 3. The second-order valence-electron chi connectivity index (χ2n) is 3.57. The first-order valence-electron chi connectivity index (χ1n) is 4.78. The van der Waals surface area contributed by atoms with Crippen LogP contribution in [-0.2, 0) is 4.79 Å². The van der Waals surface area contributed by atoms with Gasteiger partial charge < -0.3 is 16.5 Å². The number of nitrogens with one attached hydrogen (secondary N) is 1. The predicted octanol–water partition coefficient (Wildman–Crippen LogP) is 1.04. The largest absolute Gasteiger partial charge is 0.370 e. The van der Waals surface area contributed by atoms with Gasteiger partial charge in [0.15, 0.2) is 0 Å². The lowest BCUT2D eigenvalue weighted by Gasteiger charge is -2.10. The third-order valence-electron chi connectivity index (χ3n) is 2.44. The van der Waals surface area contributed by atoms with E-state index in [-0.39, 0.29) is 18.4 Å². The van der Waals surface area contributed by atoms with E-state index < -0.39 is 0 Å². The number of nitrogens with two attached hydrogens (primary N) is 2. The van der Waals surface area contributed by atoms with E-state index in [9.17, 15) is 4.79 Å². The molecule has 1 aromatic heterocycles. The van der Waals surface area contributed by atoms with E-state index in [2.05, 4.69) is 4.98 Å². The number of fused-ring (bicyclic) bond motifs is 1. The highest BCUT2D eigenvalue weighted by atomic mass is 16.1. The third kappa shape index (κ3) is 1.85. The van der Waals surface area contributed by atoms with Crippen LogP contribution >= 0.6 is 0 Å². The van der Waals surface area contributed by atoms with E-state index in [1.807, 2.05) is 30.5 Å². The fourth-order valence-electron chi connectivity index (χ4n) is 1.74. The SMILES string of the molecule is NC(=O)C[C@H](N)c1cccc2cc[nH]c12. The van der Waals surface area contributed by atoms with Gasteiger partial charge in [0.1, 0.15) is 0 Å². The molecule has 4 nitrogen and oxygen atoms in total. The fraction of sp³-hybridized carbons (Fsp3) is 0.182. The first-order chi connectivity index (χ1) is 7.18. The molecule has 4 heteroatoms. The summed E-state index contributed by atoms with van der Waals surface area (Å²) >= 11 is 0. The maximum absolute atomic E-state index is 10.8. The Hall–Kier alpha value is -1.81. The van der Waals surface area contributed by atoms with Gasteiger partial charge in [-0.1, -0.05) is 18.2 Å². The molecule has 1 heterocycles. The number of amides is 1. The lowest BCUT2D eigenvalue weighted by molar-refractivity contribution is -0.118. The summed E-state index contributed by atoms with van der Waals surface area (Å²) in [5.41, 5.74) is 12.9. The fourth-order valence-corrected chi connectivity index (χ4v) is 1.74. The summed E-state index contributed by atoms with van der Waals surface area (Å²) in [7, 11) is 0. The number of para-hydroxylation sites is 1. The second kappa shape index (κ2) is 3.74. The van der Waals surface area contributed by atoms with E-state index in [4.69, 9.17) is 11.5 Å². The van der Waals surface area contributed by atoms with Crippen molar-refractivity contribution in [2.45, 2.75) is 12.5 Å². The van der Waals surface area contributed by atoms with Gasteiger partial charge in [-0.2, -0.15) is 0 Å². The molecule has 1 atom stereocenters. The Bertz CT molecular complexity index is 489. The van der Waals surface area contributed by atoms with Gasteiger partial charge in [0.25, 0.3) is 0 Å². The number of rotatable bonds is 3. The monoisotopic (exact) mass is 203 g/mol. The Balaban J connectivity index is 2.42. The number of primary amides is 1. The average molecular weight is 203 g/mol. The summed E-state index contributed by atoms with van der Waals surface area (Å²) in [5, 5.41) is 1.09. The van der Waals surface area contributed by atoms with Gasteiger partial charge in [0.05, 0.1) is 5.52 Å². The molecule has 78 valence electrons. The van der Waals surface area contributed by atoms with Crippen LogP contribution in [-0.4, -0.2) is 10.9 Å². The summed E-state index contributed by atoms with van der Waals surface area (Å²) < 4.78 is 0. The molecule has 0 radical (unpaired) electrons. The Kier molecular flexibility index (Phi) is 2.43. The minimum Gasteiger partial charge on any atom is -0.370 e. The maximum atomic E-state index is 10.8. The van der Waals surface area contributed by atoms with Crippen molar-refractivity contribution < 1.29 is 4.79 Å². The molecule has 0 aliphatic carbocycles. The van der Waals surface area contributed by atoms with Crippen LogP contribution in [0, 0.1) is 0 Å². The lowest BCUT2D eigenvalue weighted by atomic mass is 10.0. The Morgan fingerprint density at radius 1 is 1.40 bits per heavy atom. The average Bonchev–Trinajstić information content (AvgIpc) is 2.63. The van der Waals surface area contributed by atoms with E-state index in [1.54, 1.807) is 0 Å². The van der Waals surface area contributed by atoms with Crippen LogP contribution in [0.15, 0.2) is 30.5 Å². The van der Waals surface area contributed by atoms with Crippen molar-refractivity contribution in [1.29, 1.82) is 0 Å². The van der Waals surface area contributed by atoms with Crippen LogP contribution in [0.25, 0.3) is 10.9 Å². The minimum absolute atomic E-state index is 0.165. The quantitative estimate of drug-likeness (QED) is 0.696. The number of carbonyl (C=O) groups excluding carboxylic acids is 1. The van der Waals surface area contributed by atoms with Crippen molar-refractivity contribution >= 4 is 16.8 Å². The Morgan fingerprint density at radius 3 is 2.93 bits per heavy atom. The number of hydrogen-bond acceptors (Lipinski definition) is 2. The van der Waals surface area contributed by atoms with Crippen LogP contribution in [0.3, 0.4) is 0 Å². The molecule has 0 aliphatic rings. The van der Waals surface area contributed by atoms with Crippen LogP contribution in [0.2, 0.25) is 0 Å². The number of carbonyl (C=O) groups is 1. The second-order valence-corrected chi connectivity index (χ2v) is 3.57. The topological polar surface area (TPSA) is 84.9 Å². The highest BCUT2D eigenvalue weighted by Crippen LogP contribution is 2.23. The molecule has 5 N–H and O–H groups in total. The molecule has 0 fully saturated rings. The smallest absolute Gasteiger partial charge is 0.219 e. The Morgan fingerprint density at radius 2 is 2.20 bits per heavy atom. The van der Waals surface area contributed by atoms with Gasteiger partial charge in [-0.25, -0.2) is 0 Å². The molecule has 0 spiro atoms. The van der Waals surface area contributed by atoms with Gasteiger partial charge in [0, 0.05) is 18.7 Å².